The van der Waals surface area contributed by atoms with E-state index in [-0.39, 0.29) is 0 Å². The van der Waals surface area contributed by atoms with Crippen molar-refractivity contribution in [2.45, 2.75) is 60.7 Å². The third-order valence-corrected chi connectivity index (χ3v) is 5.08. The van der Waals surface area contributed by atoms with Crippen LogP contribution in [-0.4, -0.2) is 7.85 Å². The molecule has 0 bridgehead atoms. The summed E-state index contributed by atoms with van der Waals surface area (Å²) in [5.74, 6) is 5.05. The third kappa shape index (κ3) is 4.21. The first-order valence-electron chi connectivity index (χ1n) is 6.82. The van der Waals surface area contributed by atoms with Gasteiger partial charge in [0.25, 0.3) is 0 Å². The summed E-state index contributed by atoms with van der Waals surface area (Å²) in [6.45, 7) is 16.8. The Morgan fingerprint density at radius 1 is 0.733 bits per heavy atom. The Labute approximate surface area is 98.6 Å². The monoisotopic (exact) mass is 210 g/mol. The lowest BCUT2D eigenvalue weighted by atomic mass is 9.66. The molecule has 15 heavy (non-hydrogen) atoms. The van der Waals surface area contributed by atoms with Gasteiger partial charge in [0, 0.05) is 0 Å². The molecule has 0 aliphatic carbocycles. The Morgan fingerprint density at radius 2 is 1.13 bits per heavy atom. The Kier molecular flexibility index (Phi) is 6.63. The highest BCUT2D eigenvalue weighted by molar-refractivity contribution is 6.11. The molecule has 0 fully saturated rings. The van der Waals surface area contributed by atoms with Gasteiger partial charge in [0.2, 0.25) is 0 Å². The normalized spacial score (nSPS) is 23.9. The van der Waals surface area contributed by atoms with E-state index in [0.29, 0.717) is 0 Å². The van der Waals surface area contributed by atoms with Crippen molar-refractivity contribution in [2.24, 2.45) is 29.6 Å². The van der Waals surface area contributed by atoms with Crippen LogP contribution in [0, 0.1) is 29.6 Å². The summed E-state index contributed by atoms with van der Waals surface area (Å²) in [5, 5.41) is 0. The molecular formula is C14H31B. The molecule has 0 nitrogen and oxygen atoms in total. The van der Waals surface area contributed by atoms with Crippen LogP contribution in [0.15, 0.2) is 0 Å². The van der Waals surface area contributed by atoms with Crippen molar-refractivity contribution in [2.75, 3.05) is 0 Å². The van der Waals surface area contributed by atoms with Crippen molar-refractivity contribution in [3.63, 3.8) is 0 Å². The van der Waals surface area contributed by atoms with Crippen molar-refractivity contribution >= 4 is 7.85 Å². The van der Waals surface area contributed by atoms with E-state index in [4.69, 9.17) is 0 Å². The van der Waals surface area contributed by atoms with Gasteiger partial charge in [-0.25, -0.2) is 0 Å². The number of hydrogen-bond donors (Lipinski definition) is 0. The smallest absolute Gasteiger partial charge is 0.0697 e. The summed E-state index contributed by atoms with van der Waals surface area (Å²) in [6, 6.07) is 0. The minimum Gasteiger partial charge on any atom is -0.0697 e. The van der Waals surface area contributed by atoms with E-state index >= 15 is 0 Å². The van der Waals surface area contributed by atoms with E-state index in [9.17, 15) is 0 Å². The van der Waals surface area contributed by atoms with Crippen molar-refractivity contribution in [3.05, 3.63) is 0 Å². The highest BCUT2D eigenvalue weighted by Crippen LogP contribution is 2.35. The van der Waals surface area contributed by atoms with Gasteiger partial charge in [-0.05, 0) is 29.6 Å². The molecule has 1 heteroatoms. The molecule has 0 aliphatic heterocycles. The van der Waals surface area contributed by atoms with Crippen LogP contribution in [0.5, 0.6) is 0 Å². The highest BCUT2D eigenvalue weighted by atomic mass is 14.3. The minimum absolute atomic E-state index is 0.812. The molecule has 6 unspecified atom stereocenters. The van der Waals surface area contributed by atoms with Crippen LogP contribution in [0.25, 0.3) is 0 Å². The topological polar surface area (TPSA) is 0 Å². The first-order valence-corrected chi connectivity index (χ1v) is 6.82. The van der Waals surface area contributed by atoms with Gasteiger partial charge < -0.3 is 0 Å². The van der Waals surface area contributed by atoms with Crippen LogP contribution in [0.3, 0.4) is 0 Å². The van der Waals surface area contributed by atoms with Gasteiger partial charge in [-0.1, -0.05) is 60.7 Å². The molecule has 90 valence electrons. The predicted octanol–water partition coefficient (Wildman–Crippen LogP) is 4.02. The van der Waals surface area contributed by atoms with Gasteiger partial charge >= 0.3 is 0 Å². The number of hydrogen-bond acceptors (Lipinski definition) is 0. The second kappa shape index (κ2) is 6.61. The standard InChI is InChI=1S/C14H31B/c1-8-9(2)10(3)11(4)12(5)13(6)14(7)15/h9-14H,8,15H2,1-7H3. The van der Waals surface area contributed by atoms with Crippen LogP contribution >= 0.6 is 0 Å². The zero-order valence-electron chi connectivity index (χ0n) is 12.2. The largest absolute Gasteiger partial charge is 0.105 e. The lowest BCUT2D eigenvalue weighted by molar-refractivity contribution is 0.164. The quantitative estimate of drug-likeness (QED) is 0.581. The average molecular weight is 210 g/mol. The SMILES string of the molecule is BC(C)C(C)C(C)C(C)C(C)C(C)CC. The second-order valence-corrected chi connectivity index (χ2v) is 6.07. The lowest BCUT2D eigenvalue weighted by Gasteiger charge is -2.35. The maximum absolute atomic E-state index is 2.44. The molecule has 0 aromatic heterocycles. The Morgan fingerprint density at radius 3 is 1.47 bits per heavy atom. The molecule has 0 saturated heterocycles. The second-order valence-electron chi connectivity index (χ2n) is 6.07. The van der Waals surface area contributed by atoms with E-state index in [1.807, 2.05) is 0 Å². The van der Waals surface area contributed by atoms with Crippen LogP contribution in [0.4, 0.5) is 0 Å². The van der Waals surface area contributed by atoms with E-state index in [2.05, 4.69) is 56.3 Å². The summed E-state index contributed by atoms with van der Waals surface area (Å²) in [6.07, 6.45) is 1.31. The maximum atomic E-state index is 2.44. The minimum atomic E-state index is 0.812. The lowest BCUT2D eigenvalue weighted by Crippen LogP contribution is -2.27. The Balaban J connectivity index is 4.36. The molecular weight excluding hydrogens is 179 g/mol. The zero-order valence-corrected chi connectivity index (χ0v) is 12.2. The first kappa shape index (κ1) is 15.1. The molecule has 0 rings (SSSR count). The van der Waals surface area contributed by atoms with Crippen LogP contribution in [0.1, 0.15) is 54.9 Å². The Hall–Kier alpha value is 0.0649. The third-order valence-electron chi connectivity index (χ3n) is 5.08. The Bertz CT molecular complexity index is 165. The van der Waals surface area contributed by atoms with Gasteiger partial charge in [-0.2, -0.15) is 0 Å². The van der Waals surface area contributed by atoms with Gasteiger partial charge in [-0.3, -0.25) is 0 Å². The molecule has 0 aromatic carbocycles. The molecule has 0 amide bonds. The van der Waals surface area contributed by atoms with E-state index in [0.717, 1.165) is 35.4 Å². The van der Waals surface area contributed by atoms with Crippen molar-refractivity contribution in [3.8, 4) is 0 Å². The van der Waals surface area contributed by atoms with Crippen LogP contribution in [-0.2, 0) is 0 Å². The van der Waals surface area contributed by atoms with E-state index in [1.165, 1.54) is 6.42 Å². The van der Waals surface area contributed by atoms with E-state index < -0.39 is 0 Å². The van der Waals surface area contributed by atoms with E-state index in [1.54, 1.807) is 0 Å². The molecule has 0 N–H and O–H groups in total. The van der Waals surface area contributed by atoms with Gasteiger partial charge in [0.05, 0.1) is 0 Å². The average Bonchev–Trinajstić information content (AvgIpc) is 2.23. The molecule has 0 spiro atoms. The maximum Gasteiger partial charge on any atom is 0.105 e. The molecule has 0 saturated carbocycles. The molecule has 0 radical (unpaired) electrons. The fourth-order valence-corrected chi connectivity index (χ4v) is 2.45. The first-order chi connectivity index (χ1) is 6.82. The summed E-state index contributed by atoms with van der Waals surface area (Å²) < 4.78 is 0. The molecule has 0 heterocycles. The van der Waals surface area contributed by atoms with Gasteiger partial charge in [0.1, 0.15) is 7.85 Å². The highest BCUT2D eigenvalue weighted by Gasteiger charge is 2.27. The summed E-state index contributed by atoms with van der Waals surface area (Å²) in [4.78, 5) is 0. The summed E-state index contributed by atoms with van der Waals surface area (Å²) >= 11 is 0. The fourth-order valence-electron chi connectivity index (χ4n) is 2.45. The summed E-state index contributed by atoms with van der Waals surface area (Å²) in [5.41, 5.74) is 0. The van der Waals surface area contributed by atoms with Crippen molar-refractivity contribution in [1.82, 2.24) is 0 Å². The van der Waals surface area contributed by atoms with Crippen molar-refractivity contribution < 1.29 is 0 Å². The molecule has 0 aliphatic rings. The fraction of sp³-hybridized carbons (Fsp3) is 1.00. The number of rotatable bonds is 6. The van der Waals surface area contributed by atoms with Crippen LogP contribution in [0.2, 0.25) is 5.82 Å². The zero-order chi connectivity index (χ0) is 12.2. The van der Waals surface area contributed by atoms with Gasteiger partial charge in [0.15, 0.2) is 0 Å². The van der Waals surface area contributed by atoms with Crippen LogP contribution < -0.4 is 0 Å². The molecule has 6 atom stereocenters. The molecule has 0 aromatic rings. The predicted molar refractivity (Wildman–Crippen MR) is 74.1 cm³/mol. The summed E-state index contributed by atoms with van der Waals surface area (Å²) in [7, 11) is 2.35. The van der Waals surface area contributed by atoms with Gasteiger partial charge in [-0.15, -0.1) is 0 Å². The van der Waals surface area contributed by atoms with Crippen molar-refractivity contribution in [1.29, 1.82) is 0 Å².